The average molecular weight is 947 g/mol. The summed E-state index contributed by atoms with van der Waals surface area (Å²) in [6.45, 7) is 3.93. The van der Waals surface area contributed by atoms with Crippen molar-refractivity contribution >= 4 is 11.9 Å². The summed E-state index contributed by atoms with van der Waals surface area (Å²) in [6, 6.07) is 0. The Hall–Kier alpha value is -4.74. The van der Waals surface area contributed by atoms with E-state index in [2.05, 4.69) is 184 Å². The molecule has 1 N–H and O–H groups in total. The smallest absolute Gasteiger partial charge is 0.306 e. The van der Waals surface area contributed by atoms with Gasteiger partial charge < -0.3 is 14.6 Å². The molecule has 1 unspecified atom stereocenters. The second-order valence-corrected chi connectivity index (χ2v) is 17.2. The molecule has 0 aliphatic carbocycles. The van der Waals surface area contributed by atoms with E-state index in [4.69, 9.17) is 9.47 Å². The lowest BCUT2D eigenvalue weighted by Gasteiger charge is -2.15. The minimum atomic E-state index is -0.804. The fourth-order valence-corrected chi connectivity index (χ4v) is 6.67. The number of hydrogen-bond acceptors (Lipinski definition) is 5. The van der Waals surface area contributed by atoms with Gasteiger partial charge in [-0.05, 0) is 128 Å². The molecule has 0 aromatic carbocycles. The number of allylic oxidation sites excluding steroid dienone is 28. The molecule has 0 radical (unpaired) electrons. The molecule has 0 aromatic rings. The highest BCUT2D eigenvalue weighted by atomic mass is 16.6. The Bertz CT molecular complexity index is 1590. The molecule has 0 saturated heterocycles. The van der Waals surface area contributed by atoms with E-state index >= 15 is 0 Å². The summed E-state index contributed by atoms with van der Waals surface area (Å²) in [5.41, 5.74) is 0. The van der Waals surface area contributed by atoms with Crippen molar-refractivity contribution in [3.63, 3.8) is 0 Å². The summed E-state index contributed by atoms with van der Waals surface area (Å²) in [4.78, 5) is 24.4. The molecule has 69 heavy (non-hydrogen) atoms. The van der Waals surface area contributed by atoms with Gasteiger partial charge in [-0.3, -0.25) is 9.59 Å². The zero-order valence-electron chi connectivity index (χ0n) is 43.7. The molecule has 0 heterocycles. The van der Waals surface area contributed by atoms with Crippen molar-refractivity contribution in [3.8, 4) is 0 Å². The largest absolute Gasteiger partial charge is 0.462 e. The van der Waals surface area contributed by atoms with Crippen LogP contribution in [0, 0.1) is 0 Å². The molecule has 5 heteroatoms. The zero-order valence-corrected chi connectivity index (χ0v) is 43.7. The van der Waals surface area contributed by atoms with E-state index in [9.17, 15) is 14.7 Å². The lowest BCUT2D eigenvalue weighted by molar-refractivity contribution is -0.161. The minimum Gasteiger partial charge on any atom is -0.462 e. The average Bonchev–Trinajstić information content (AvgIpc) is 3.35. The monoisotopic (exact) mass is 947 g/mol. The van der Waals surface area contributed by atoms with Gasteiger partial charge in [-0.25, -0.2) is 0 Å². The van der Waals surface area contributed by atoms with Crippen LogP contribution in [0.1, 0.15) is 200 Å². The molecular formula is C64H98O5. The van der Waals surface area contributed by atoms with Crippen molar-refractivity contribution in [2.75, 3.05) is 13.2 Å². The standard InChI is InChI=1S/C64H98O5/c1-3-5-7-9-11-13-15-17-19-20-21-22-23-24-25-26-27-28-29-30-31-32-33-34-35-36-37-38-39-40-41-42-43-44-45-47-49-51-53-55-57-59-64(67)69-62(60-65)61-68-63(66)58-56-54-52-50-48-46-18-16-14-12-10-8-6-4-2/h5,7,10-13,16-19,21-22,24-25,27-28,30-31,33-34,36-37,39-40,42-43,45,47,62,65H,3-4,6,8-9,14-15,20,23,26,29,32,35,38,41,44,46,48-61H2,1-2H3/b7-5-,12-10-,13-11-,18-16-,19-17-,22-21-,25-24-,28-27-,31-30-,34-33-,37-36-,40-39-,43-42-,47-45-. The quantitative estimate of drug-likeness (QED) is 0.0374. The number of unbranched alkanes of at least 4 members (excludes halogenated alkanes) is 11. The third kappa shape index (κ3) is 55.7. The predicted octanol–water partition coefficient (Wildman–Crippen LogP) is 18.6. The maximum absolute atomic E-state index is 12.3. The maximum Gasteiger partial charge on any atom is 0.306 e. The van der Waals surface area contributed by atoms with Crippen molar-refractivity contribution in [1.29, 1.82) is 0 Å². The third-order valence-corrected chi connectivity index (χ3v) is 10.7. The summed E-state index contributed by atoms with van der Waals surface area (Å²) in [7, 11) is 0. The first kappa shape index (κ1) is 64.3. The van der Waals surface area contributed by atoms with Gasteiger partial charge in [-0.2, -0.15) is 0 Å². The predicted molar refractivity (Wildman–Crippen MR) is 301 cm³/mol. The summed E-state index contributed by atoms with van der Waals surface area (Å²) < 4.78 is 10.6. The molecule has 0 spiro atoms. The molecule has 1 atom stereocenters. The minimum absolute atomic E-state index is 0.0944. The Balaban J connectivity index is 3.70. The third-order valence-electron chi connectivity index (χ3n) is 10.7. The lowest BCUT2D eigenvalue weighted by Crippen LogP contribution is -2.28. The Morgan fingerprint density at radius 1 is 0.348 bits per heavy atom. The van der Waals surface area contributed by atoms with E-state index < -0.39 is 6.10 Å². The van der Waals surface area contributed by atoms with E-state index in [1.54, 1.807) is 0 Å². The second kappa shape index (κ2) is 57.6. The molecule has 0 aromatic heterocycles. The Labute approximate surface area is 423 Å². The maximum atomic E-state index is 12.3. The normalized spacial score (nSPS) is 13.6. The van der Waals surface area contributed by atoms with Crippen LogP contribution in [0.25, 0.3) is 0 Å². The van der Waals surface area contributed by atoms with Gasteiger partial charge in [-0.15, -0.1) is 0 Å². The van der Waals surface area contributed by atoms with Crippen LogP contribution >= 0.6 is 0 Å². The van der Waals surface area contributed by atoms with E-state index in [-0.39, 0.29) is 25.2 Å². The van der Waals surface area contributed by atoms with Crippen molar-refractivity contribution < 1.29 is 24.2 Å². The van der Waals surface area contributed by atoms with Gasteiger partial charge >= 0.3 is 11.9 Å². The first-order chi connectivity index (χ1) is 34.1. The van der Waals surface area contributed by atoms with Crippen molar-refractivity contribution in [3.05, 3.63) is 170 Å². The summed E-state index contributed by atoms with van der Waals surface area (Å²) in [5.74, 6) is -0.651. The molecule has 384 valence electrons. The van der Waals surface area contributed by atoms with Gasteiger partial charge in [-0.1, -0.05) is 229 Å². The molecule has 0 fully saturated rings. The second-order valence-electron chi connectivity index (χ2n) is 17.2. The van der Waals surface area contributed by atoms with Gasteiger partial charge in [0.15, 0.2) is 6.10 Å². The summed E-state index contributed by atoms with van der Waals surface area (Å²) in [6.07, 6.45) is 90.3. The molecule has 0 aliphatic heterocycles. The SMILES string of the molecule is CC/C=C\C/C=C\C/C=C\C/C=C\C/C=C\C/C=C\C/C=C\C/C=C\C/C=C\C/C=C\C/C=C\C/C=C\CCCCCCC(=O)OC(CO)COC(=O)CCCCCCC/C=C\C/C=C\CCCC. The van der Waals surface area contributed by atoms with Crippen molar-refractivity contribution in [2.24, 2.45) is 0 Å². The number of carbonyl (C=O) groups excluding carboxylic acids is 2. The number of aliphatic hydroxyl groups is 1. The van der Waals surface area contributed by atoms with Crippen molar-refractivity contribution in [2.45, 2.75) is 206 Å². The Morgan fingerprint density at radius 2 is 0.623 bits per heavy atom. The van der Waals surface area contributed by atoms with E-state index in [0.29, 0.717) is 12.8 Å². The van der Waals surface area contributed by atoms with E-state index in [1.807, 2.05) is 0 Å². The van der Waals surface area contributed by atoms with Crippen LogP contribution in [0.2, 0.25) is 0 Å². The number of aliphatic hydroxyl groups excluding tert-OH is 1. The van der Waals surface area contributed by atoms with Gasteiger partial charge in [0.05, 0.1) is 6.61 Å². The van der Waals surface area contributed by atoms with Crippen LogP contribution in [-0.4, -0.2) is 36.4 Å². The van der Waals surface area contributed by atoms with Gasteiger partial charge in [0.1, 0.15) is 6.61 Å². The lowest BCUT2D eigenvalue weighted by atomic mass is 10.1. The molecule has 0 amide bonds. The van der Waals surface area contributed by atoms with Crippen LogP contribution in [0.5, 0.6) is 0 Å². The number of ether oxygens (including phenoxy) is 2. The Kier molecular flexibility index (Phi) is 53.6. The number of carbonyl (C=O) groups is 2. The fraction of sp³-hybridized carbons (Fsp3) is 0.531. The van der Waals surface area contributed by atoms with Gasteiger partial charge in [0, 0.05) is 12.8 Å². The molecule has 0 saturated carbocycles. The molecule has 5 nitrogen and oxygen atoms in total. The molecule has 0 aliphatic rings. The fourth-order valence-electron chi connectivity index (χ4n) is 6.67. The van der Waals surface area contributed by atoms with Gasteiger partial charge in [0.25, 0.3) is 0 Å². The topological polar surface area (TPSA) is 72.8 Å². The molecule has 0 rings (SSSR count). The van der Waals surface area contributed by atoms with Crippen LogP contribution < -0.4 is 0 Å². The van der Waals surface area contributed by atoms with Crippen LogP contribution in [0.3, 0.4) is 0 Å². The first-order valence-corrected chi connectivity index (χ1v) is 27.2. The molecule has 0 bridgehead atoms. The number of hydrogen-bond donors (Lipinski definition) is 1. The molecular weight excluding hydrogens is 849 g/mol. The highest BCUT2D eigenvalue weighted by Gasteiger charge is 2.16. The zero-order chi connectivity index (χ0) is 49.9. The summed E-state index contributed by atoms with van der Waals surface area (Å²) >= 11 is 0. The van der Waals surface area contributed by atoms with Crippen LogP contribution in [0.15, 0.2) is 170 Å². The van der Waals surface area contributed by atoms with Crippen LogP contribution in [0.4, 0.5) is 0 Å². The number of esters is 2. The highest BCUT2D eigenvalue weighted by Crippen LogP contribution is 2.11. The first-order valence-electron chi connectivity index (χ1n) is 27.2. The Morgan fingerprint density at radius 3 is 0.942 bits per heavy atom. The van der Waals surface area contributed by atoms with E-state index in [1.165, 1.54) is 25.7 Å². The van der Waals surface area contributed by atoms with Crippen LogP contribution in [-0.2, 0) is 19.1 Å². The summed E-state index contributed by atoms with van der Waals surface area (Å²) in [5, 5.41) is 9.61. The highest BCUT2D eigenvalue weighted by molar-refractivity contribution is 5.70. The number of rotatable bonds is 47. The van der Waals surface area contributed by atoms with E-state index in [0.717, 1.165) is 148 Å². The van der Waals surface area contributed by atoms with Crippen molar-refractivity contribution in [1.82, 2.24) is 0 Å². The van der Waals surface area contributed by atoms with Gasteiger partial charge in [0.2, 0.25) is 0 Å².